The van der Waals surface area contributed by atoms with Crippen molar-refractivity contribution >= 4 is 14.5 Å². The molecule has 0 aromatic heterocycles. The molecule has 0 radical (unpaired) electrons. The van der Waals surface area contributed by atoms with Gasteiger partial charge in [-0.15, -0.1) is 0 Å². The van der Waals surface area contributed by atoms with E-state index >= 15 is 0 Å². The molecule has 0 amide bonds. The third-order valence-electron chi connectivity index (χ3n) is 5.29. The summed E-state index contributed by atoms with van der Waals surface area (Å²) in [4.78, 5) is 11.5. The van der Waals surface area contributed by atoms with Crippen molar-refractivity contribution in [2.24, 2.45) is 5.92 Å². The predicted octanol–water partition coefficient (Wildman–Crippen LogP) is 3.76. The molecule has 0 aromatic carbocycles. The van der Waals surface area contributed by atoms with Crippen LogP contribution >= 0.6 is 0 Å². The van der Waals surface area contributed by atoms with E-state index in [0.29, 0.717) is 18.1 Å². The van der Waals surface area contributed by atoms with Crippen LogP contribution in [0.4, 0.5) is 0 Å². The van der Waals surface area contributed by atoms with Gasteiger partial charge in [-0.3, -0.25) is 0 Å². The van der Waals surface area contributed by atoms with Crippen LogP contribution in [0.25, 0.3) is 0 Å². The van der Waals surface area contributed by atoms with Crippen molar-refractivity contribution in [3.05, 3.63) is 12.2 Å². The topological polar surface area (TPSA) is 54.0 Å². The Kier molecular flexibility index (Phi) is 8.63. The van der Waals surface area contributed by atoms with Crippen LogP contribution < -0.4 is 0 Å². The molecule has 1 saturated heterocycles. The minimum Gasteiger partial charge on any atom is -0.462 e. The molecule has 24 heavy (non-hydrogen) atoms. The largest absolute Gasteiger partial charge is 0.462 e. The van der Waals surface area contributed by atoms with Gasteiger partial charge in [0.1, 0.15) is 5.22 Å². The third kappa shape index (κ3) is 4.28. The zero-order chi connectivity index (χ0) is 18.2. The molecular weight excluding hydrogens is 324 g/mol. The van der Waals surface area contributed by atoms with Crippen LogP contribution in [0.2, 0.25) is 6.04 Å². The van der Waals surface area contributed by atoms with Crippen LogP contribution in [0.5, 0.6) is 0 Å². The molecule has 1 aliphatic rings. The average molecular weight is 359 g/mol. The highest BCUT2D eigenvalue weighted by Crippen LogP contribution is 2.48. The summed E-state index contributed by atoms with van der Waals surface area (Å²) in [6.45, 7) is 7.86. The van der Waals surface area contributed by atoms with Gasteiger partial charge >= 0.3 is 14.5 Å². The standard InChI is InChI=1S/C18H34O5Si/c1-7-12-18(20-4)16(10-8-13-23-17(19)15(2)3)11-9-14-24(18,21-5)22-6/h16H,2,7-14H2,1,3-6H3. The van der Waals surface area contributed by atoms with Crippen molar-refractivity contribution < 1.29 is 23.1 Å². The van der Waals surface area contributed by atoms with E-state index in [9.17, 15) is 4.79 Å². The molecule has 0 saturated carbocycles. The Morgan fingerprint density at radius 3 is 2.46 bits per heavy atom. The zero-order valence-electron chi connectivity index (χ0n) is 16.0. The fourth-order valence-electron chi connectivity index (χ4n) is 4.16. The average Bonchev–Trinajstić information content (AvgIpc) is 2.59. The Hall–Kier alpha value is -0.693. The Morgan fingerprint density at radius 2 is 1.96 bits per heavy atom. The molecule has 1 fully saturated rings. The SMILES string of the molecule is C=C(C)C(=O)OCCCC1CCC[Si](OC)(OC)C1(CCC)OC. The number of esters is 1. The molecule has 2 unspecified atom stereocenters. The summed E-state index contributed by atoms with van der Waals surface area (Å²) >= 11 is 0. The first kappa shape index (κ1) is 21.3. The van der Waals surface area contributed by atoms with Gasteiger partial charge in [-0.2, -0.15) is 0 Å². The van der Waals surface area contributed by atoms with Gasteiger partial charge in [0, 0.05) is 26.9 Å². The molecule has 0 aliphatic carbocycles. The minimum atomic E-state index is -2.44. The number of carbonyl (C=O) groups is 1. The van der Waals surface area contributed by atoms with Gasteiger partial charge in [-0.1, -0.05) is 26.3 Å². The maximum absolute atomic E-state index is 11.5. The molecule has 0 spiro atoms. The van der Waals surface area contributed by atoms with E-state index in [-0.39, 0.29) is 11.2 Å². The molecule has 2 atom stereocenters. The summed E-state index contributed by atoms with van der Waals surface area (Å²) in [6.07, 6.45) is 5.92. The summed E-state index contributed by atoms with van der Waals surface area (Å²) in [6, 6.07) is 0.967. The molecular formula is C18H34O5Si. The van der Waals surface area contributed by atoms with Crippen molar-refractivity contribution in [2.45, 2.75) is 63.6 Å². The van der Waals surface area contributed by atoms with Crippen LogP contribution in [0, 0.1) is 5.92 Å². The predicted molar refractivity (Wildman–Crippen MR) is 97.0 cm³/mol. The summed E-state index contributed by atoms with van der Waals surface area (Å²) < 4.78 is 23.3. The molecule has 6 heteroatoms. The molecule has 0 bridgehead atoms. The molecule has 1 aliphatic heterocycles. The lowest BCUT2D eigenvalue weighted by atomic mass is 9.88. The Balaban J connectivity index is 2.82. The van der Waals surface area contributed by atoms with Crippen LogP contribution in [0.15, 0.2) is 12.2 Å². The lowest BCUT2D eigenvalue weighted by Gasteiger charge is -2.52. The van der Waals surface area contributed by atoms with Gasteiger partial charge in [0.15, 0.2) is 0 Å². The Bertz CT molecular complexity index is 422. The Morgan fingerprint density at radius 1 is 1.29 bits per heavy atom. The van der Waals surface area contributed by atoms with Crippen molar-refractivity contribution in [1.82, 2.24) is 0 Å². The second-order valence-electron chi connectivity index (χ2n) is 6.65. The number of hydrogen-bond acceptors (Lipinski definition) is 5. The van der Waals surface area contributed by atoms with Crippen LogP contribution in [0.1, 0.15) is 52.4 Å². The van der Waals surface area contributed by atoms with Crippen molar-refractivity contribution in [2.75, 3.05) is 27.9 Å². The second kappa shape index (κ2) is 9.70. The van der Waals surface area contributed by atoms with E-state index in [4.69, 9.17) is 18.3 Å². The van der Waals surface area contributed by atoms with Gasteiger partial charge in [0.25, 0.3) is 0 Å². The highest BCUT2D eigenvalue weighted by molar-refractivity contribution is 6.70. The highest BCUT2D eigenvalue weighted by Gasteiger charge is 2.62. The number of hydrogen-bond donors (Lipinski definition) is 0. The third-order valence-corrected chi connectivity index (χ3v) is 9.77. The van der Waals surface area contributed by atoms with Gasteiger partial charge in [-0.25, -0.2) is 4.79 Å². The number of carbonyl (C=O) groups excluding carboxylic acids is 1. The highest BCUT2D eigenvalue weighted by atomic mass is 28.4. The summed E-state index contributed by atoms with van der Waals surface area (Å²) in [5, 5.41) is -0.331. The van der Waals surface area contributed by atoms with Gasteiger partial charge < -0.3 is 18.3 Å². The minimum absolute atomic E-state index is 0.317. The van der Waals surface area contributed by atoms with Crippen molar-refractivity contribution in [3.8, 4) is 0 Å². The maximum atomic E-state index is 11.5. The van der Waals surface area contributed by atoms with E-state index in [1.54, 1.807) is 28.3 Å². The summed E-state index contributed by atoms with van der Waals surface area (Å²) in [7, 11) is 2.87. The Labute approximate surface area is 147 Å². The van der Waals surface area contributed by atoms with E-state index < -0.39 is 8.56 Å². The monoisotopic (exact) mass is 358 g/mol. The quantitative estimate of drug-likeness (QED) is 0.258. The van der Waals surface area contributed by atoms with Crippen LogP contribution in [0.3, 0.4) is 0 Å². The molecule has 0 N–H and O–H groups in total. The molecule has 5 nitrogen and oxygen atoms in total. The van der Waals surface area contributed by atoms with Crippen molar-refractivity contribution in [3.63, 3.8) is 0 Å². The summed E-state index contributed by atoms with van der Waals surface area (Å²) in [5.41, 5.74) is 0.440. The lowest BCUT2D eigenvalue weighted by Crippen LogP contribution is -2.68. The van der Waals surface area contributed by atoms with Crippen LogP contribution in [-0.2, 0) is 23.1 Å². The molecule has 140 valence electrons. The van der Waals surface area contributed by atoms with Gasteiger partial charge in [0.05, 0.1) is 6.61 Å². The fraction of sp³-hybridized carbons (Fsp3) is 0.833. The lowest BCUT2D eigenvalue weighted by molar-refractivity contribution is -0.139. The molecule has 0 aromatic rings. The van der Waals surface area contributed by atoms with Gasteiger partial charge in [-0.05, 0) is 44.6 Å². The van der Waals surface area contributed by atoms with E-state index in [1.807, 2.05) is 0 Å². The maximum Gasteiger partial charge on any atom is 0.371 e. The fourth-order valence-corrected chi connectivity index (χ4v) is 8.37. The van der Waals surface area contributed by atoms with Crippen LogP contribution in [-0.4, -0.2) is 47.7 Å². The van der Waals surface area contributed by atoms with E-state index in [0.717, 1.165) is 44.6 Å². The zero-order valence-corrected chi connectivity index (χ0v) is 17.0. The summed E-state index contributed by atoms with van der Waals surface area (Å²) in [5.74, 6) is 0.0500. The van der Waals surface area contributed by atoms with Crippen molar-refractivity contribution in [1.29, 1.82) is 0 Å². The van der Waals surface area contributed by atoms with Gasteiger partial charge in [0.2, 0.25) is 0 Å². The first-order valence-corrected chi connectivity index (χ1v) is 10.9. The smallest absolute Gasteiger partial charge is 0.371 e. The number of methoxy groups -OCH3 is 1. The molecule has 1 heterocycles. The normalized spacial score (nSPS) is 26.1. The molecule has 1 rings (SSSR count). The first-order valence-electron chi connectivity index (χ1n) is 8.91. The number of rotatable bonds is 10. The first-order chi connectivity index (χ1) is 11.4. The van der Waals surface area contributed by atoms with E-state index in [2.05, 4.69) is 13.5 Å². The van der Waals surface area contributed by atoms with E-state index in [1.165, 1.54) is 0 Å². The second-order valence-corrected chi connectivity index (χ2v) is 10.3. The number of ether oxygens (including phenoxy) is 2.